The second-order valence-corrected chi connectivity index (χ2v) is 3.15. The van der Waals surface area contributed by atoms with Crippen LogP contribution < -0.4 is 0 Å². The Labute approximate surface area is 93.5 Å². The summed E-state index contributed by atoms with van der Waals surface area (Å²) in [6, 6.07) is 8.10. The van der Waals surface area contributed by atoms with Crippen LogP contribution in [0.3, 0.4) is 0 Å². The number of nitriles is 1. The summed E-state index contributed by atoms with van der Waals surface area (Å²) >= 11 is 0. The van der Waals surface area contributed by atoms with Crippen molar-refractivity contribution in [2.75, 3.05) is 7.11 Å². The van der Waals surface area contributed by atoms with Crippen molar-refractivity contribution in [1.29, 1.82) is 5.26 Å². The van der Waals surface area contributed by atoms with Gasteiger partial charge in [-0.15, -0.1) is 0 Å². The average Bonchev–Trinajstić information content (AvgIpc) is 2.35. The Morgan fingerprint density at radius 2 is 1.81 bits per heavy atom. The molecule has 1 aromatic carbocycles. The van der Waals surface area contributed by atoms with Gasteiger partial charge in [-0.2, -0.15) is 5.26 Å². The van der Waals surface area contributed by atoms with E-state index in [1.54, 1.807) is 12.1 Å². The Kier molecular flexibility index (Phi) is 4.22. The predicted molar refractivity (Wildman–Crippen MR) is 57.0 cm³/mol. The van der Waals surface area contributed by atoms with Gasteiger partial charge >= 0.3 is 5.97 Å². The van der Waals surface area contributed by atoms with E-state index in [0.29, 0.717) is 11.1 Å². The lowest BCUT2D eigenvalue weighted by atomic mass is 10.1. The van der Waals surface area contributed by atoms with Crippen molar-refractivity contribution in [2.45, 2.75) is 12.8 Å². The molecule has 4 heteroatoms. The number of ketones is 1. The van der Waals surface area contributed by atoms with Crippen LogP contribution in [0.1, 0.15) is 33.6 Å². The van der Waals surface area contributed by atoms with Gasteiger partial charge in [0.25, 0.3) is 0 Å². The quantitative estimate of drug-likeness (QED) is 0.571. The van der Waals surface area contributed by atoms with Crippen molar-refractivity contribution in [3.05, 3.63) is 35.4 Å². The highest BCUT2D eigenvalue weighted by Gasteiger charge is 2.08. The zero-order valence-corrected chi connectivity index (χ0v) is 8.90. The van der Waals surface area contributed by atoms with E-state index < -0.39 is 5.97 Å². The Balaban J connectivity index is 2.75. The van der Waals surface area contributed by atoms with Gasteiger partial charge < -0.3 is 4.74 Å². The maximum atomic E-state index is 11.5. The molecule has 0 aromatic heterocycles. The Morgan fingerprint density at radius 1 is 1.25 bits per heavy atom. The molecule has 0 unspecified atom stereocenters. The number of carbonyl (C=O) groups is 2. The SMILES string of the molecule is COC(=O)c1ccc(C(=O)CCC#N)cc1. The molecule has 16 heavy (non-hydrogen) atoms. The van der Waals surface area contributed by atoms with Crippen LogP contribution in [0.15, 0.2) is 24.3 Å². The van der Waals surface area contributed by atoms with Crippen LogP contribution in [-0.2, 0) is 4.74 Å². The number of Topliss-reactive ketones (excluding diaryl/α,β-unsaturated/α-hetero) is 1. The number of benzene rings is 1. The number of methoxy groups -OCH3 is 1. The second-order valence-electron chi connectivity index (χ2n) is 3.15. The third-order valence-electron chi connectivity index (χ3n) is 2.09. The first-order valence-corrected chi connectivity index (χ1v) is 4.77. The Hall–Kier alpha value is -2.15. The number of hydrogen-bond donors (Lipinski definition) is 0. The van der Waals surface area contributed by atoms with E-state index in [1.165, 1.54) is 19.2 Å². The fourth-order valence-electron chi connectivity index (χ4n) is 1.22. The van der Waals surface area contributed by atoms with Crippen molar-refractivity contribution < 1.29 is 14.3 Å². The highest BCUT2D eigenvalue weighted by Crippen LogP contribution is 2.08. The van der Waals surface area contributed by atoms with E-state index in [2.05, 4.69) is 4.74 Å². The molecular weight excluding hydrogens is 206 g/mol. The molecule has 0 N–H and O–H groups in total. The third kappa shape index (κ3) is 2.92. The normalized spacial score (nSPS) is 9.25. The monoisotopic (exact) mass is 217 g/mol. The first-order chi connectivity index (χ1) is 7.69. The van der Waals surface area contributed by atoms with Gasteiger partial charge in [-0.25, -0.2) is 4.79 Å². The molecule has 0 amide bonds. The summed E-state index contributed by atoms with van der Waals surface area (Å²) in [4.78, 5) is 22.6. The molecule has 0 bridgehead atoms. The predicted octanol–water partition coefficient (Wildman–Crippen LogP) is 1.96. The molecule has 82 valence electrons. The van der Waals surface area contributed by atoms with Crippen LogP contribution in [0.4, 0.5) is 0 Å². The van der Waals surface area contributed by atoms with Crippen LogP contribution >= 0.6 is 0 Å². The van der Waals surface area contributed by atoms with E-state index in [0.717, 1.165) is 0 Å². The highest BCUT2D eigenvalue weighted by atomic mass is 16.5. The molecule has 1 rings (SSSR count). The van der Waals surface area contributed by atoms with Crippen molar-refractivity contribution in [2.24, 2.45) is 0 Å². The maximum absolute atomic E-state index is 11.5. The summed E-state index contributed by atoms with van der Waals surface area (Å²) in [7, 11) is 1.30. The second kappa shape index (κ2) is 5.66. The zero-order chi connectivity index (χ0) is 12.0. The number of rotatable bonds is 4. The van der Waals surface area contributed by atoms with E-state index in [4.69, 9.17) is 5.26 Å². The number of hydrogen-bond acceptors (Lipinski definition) is 4. The summed E-state index contributed by atoms with van der Waals surface area (Å²) in [6.07, 6.45) is 0.408. The van der Waals surface area contributed by atoms with E-state index in [9.17, 15) is 9.59 Å². The van der Waals surface area contributed by atoms with Crippen molar-refractivity contribution in [3.63, 3.8) is 0 Å². The summed E-state index contributed by atoms with van der Waals surface area (Å²) < 4.78 is 4.53. The molecule has 4 nitrogen and oxygen atoms in total. The lowest BCUT2D eigenvalue weighted by molar-refractivity contribution is 0.0600. The molecule has 0 atom stereocenters. The summed E-state index contributed by atoms with van der Waals surface area (Å²) in [5, 5.41) is 8.35. The molecule has 0 spiro atoms. The molecule has 1 aromatic rings. The smallest absolute Gasteiger partial charge is 0.337 e. The third-order valence-corrected chi connectivity index (χ3v) is 2.09. The largest absolute Gasteiger partial charge is 0.465 e. The minimum atomic E-state index is -0.434. The molecular formula is C12H11NO3. The molecule has 0 saturated carbocycles. The fourth-order valence-corrected chi connectivity index (χ4v) is 1.22. The minimum Gasteiger partial charge on any atom is -0.465 e. The van der Waals surface area contributed by atoms with Gasteiger partial charge in [0.15, 0.2) is 5.78 Å². The van der Waals surface area contributed by atoms with Gasteiger partial charge in [-0.3, -0.25) is 4.79 Å². The van der Waals surface area contributed by atoms with Gasteiger partial charge in [0, 0.05) is 18.4 Å². The standard InChI is InChI=1S/C12H11NO3/c1-16-12(15)10-6-4-9(5-7-10)11(14)3-2-8-13/h4-7H,2-3H2,1H3. The van der Waals surface area contributed by atoms with Crippen molar-refractivity contribution >= 4 is 11.8 Å². The first kappa shape index (κ1) is 11.9. The van der Waals surface area contributed by atoms with Gasteiger partial charge in [-0.05, 0) is 12.1 Å². The molecule has 0 aliphatic carbocycles. The molecule has 0 radical (unpaired) electrons. The fraction of sp³-hybridized carbons (Fsp3) is 0.250. The molecule has 0 heterocycles. The van der Waals surface area contributed by atoms with Gasteiger partial charge in [-0.1, -0.05) is 12.1 Å². The summed E-state index contributed by atoms with van der Waals surface area (Å²) in [5.74, 6) is -0.533. The Bertz CT molecular complexity index is 429. The minimum absolute atomic E-state index is 0.0991. The van der Waals surface area contributed by atoms with Gasteiger partial charge in [0.2, 0.25) is 0 Å². The number of nitrogens with zero attached hydrogens (tertiary/aromatic N) is 1. The number of ether oxygens (including phenoxy) is 1. The number of esters is 1. The van der Waals surface area contributed by atoms with E-state index in [-0.39, 0.29) is 18.6 Å². The molecule has 0 saturated heterocycles. The number of carbonyl (C=O) groups excluding carboxylic acids is 2. The topological polar surface area (TPSA) is 67.2 Å². The van der Waals surface area contributed by atoms with E-state index in [1.807, 2.05) is 6.07 Å². The van der Waals surface area contributed by atoms with Crippen molar-refractivity contribution in [3.8, 4) is 6.07 Å². The lowest BCUT2D eigenvalue weighted by Gasteiger charge is -2.01. The summed E-state index contributed by atoms with van der Waals surface area (Å²) in [5.41, 5.74) is 0.905. The van der Waals surface area contributed by atoms with Gasteiger partial charge in [0.1, 0.15) is 0 Å². The molecule has 0 aliphatic rings. The highest BCUT2D eigenvalue weighted by molar-refractivity contribution is 5.97. The van der Waals surface area contributed by atoms with Crippen molar-refractivity contribution in [1.82, 2.24) is 0 Å². The zero-order valence-electron chi connectivity index (χ0n) is 8.90. The van der Waals surface area contributed by atoms with Crippen LogP contribution in [0, 0.1) is 11.3 Å². The molecule has 0 fully saturated rings. The van der Waals surface area contributed by atoms with Crippen LogP contribution in [0.2, 0.25) is 0 Å². The van der Waals surface area contributed by atoms with Crippen LogP contribution in [0.25, 0.3) is 0 Å². The summed E-state index contributed by atoms with van der Waals surface area (Å²) in [6.45, 7) is 0. The van der Waals surface area contributed by atoms with Gasteiger partial charge in [0.05, 0.1) is 18.7 Å². The average molecular weight is 217 g/mol. The van der Waals surface area contributed by atoms with Crippen LogP contribution in [-0.4, -0.2) is 18.9 Å². The lowest BCUT2D eigenvalue weighted by Crippen LogP contribution is -2.03. The molecule has 0 aliphatic heterocycles. The van der Waals surface area contributed by atoms with E-state index >= 15 is 0 Å². The first-order valence-electron chi connectivity index (χ1n) is 4.77. The maximum Gasteiger partial charge on any atom is 0.337 e. The Morgan fingerprint density at radius 3 is 2.31 bits per heavy atom. The van der Waals surface area contributed by atoms with Crippen LogP contribution in [0.5, 0.6) is 0 Å².